The van der Waals surface area contributed by atoms with Gasteiger partial charge in [0.2, 0.25) is 0 Å². The highest BCUT2D eigenvalue weighted by Crippen LogP contribution is 2.12. The second-order valence-electron chi connectivity index (χ2n) is 5.21. The van der Waals surface area contributed by atoms with Gasteiger partial charge in [-0.05, 0) is 42.7 Å². The molecule has 0 aliphatic heterocycles. The van der Waals surface area contributed by atoms with Crippen LogP contribution in [0.15, 0.2) is 42.6 Å². The van der Waals surface area contributed by atoms with Crippen LogP contribution in [0.1, 0.15) is 29.4 Å². The summed E-state index contributed by atoms with van der Waals surface area (Å²) in [5, 5.41) is 6.15. The number of benzene rings is 1. The van der Waals surface area contributed by atoms with Crippen LogP contribution < -0.4 is 15.4 Å². The Bertz CT molecular complexity index is 626. The summed E-state index contributed by atoms with van der Waals surface area (Å²) in [5.41, 5.74) is 2.57. The molecule has 0 radical (unpaired) electrons. The van der Waals surface area contributed by atoms with Gasteiger partial charge in [0.15, 0.2) is 0 Å². The number of ether oxygens (including phenoxy) is 1. The Labute approximate surface area is 137 Å². The summed E-state index contributed by atoms with van der Waals surface area (Å²) < 4.78 is 5.15. The normalized spacial score (nSPS) is 10.2. The van der Waals surface area contributed by atoms with Crippen molar-refractivity contribution in [2.75, 3.05) is 25.5 Å². The van der Waals surface area contributed by atoms with Gasteiger partial charge in [-0.3, -0.25) is 9.78 Å². The van der Waals surface area contributed by atoms with Gasteiger partial charge in [-0.25, -0.2) is 0 Å². The maximum Gasteiger partial charge on any atom is 0.269 e. The first kappa shape index (κ1) is 16.8. The zero-order valence-electron chi connectivity index (χ0n) is 13.6. The monoisotopic (exact) mass is 313 g/mol. The summed E-state index contributed by atoms with van der Waals surface area (Å²) in [4.78, 5) is 16.0. The molecular weight excluding hydrogens is 290 g/mol. The van der Waals surface area contributed by atoms with Crippen molar-refractivity contribution < 1.29 is 9.53 Å². The van der Waals surface area contributed by atoms with Crippen molar-refractivity contribution in [1.82, 2.24) is 10.3 Å². The molecule has 0 unspecified atom stereocenters. The lowest BCUT2D eigenvalue weighted by molar-refractivity contribution is 0.0948. The van der Waals surface area contributed by atoms with E-state index in [-0.39, 0.29) is 5.91 Å². The van der Waals surface area contributed by atoms with Crippen molar-refractivity contribution in [3.05, 3.63) is 53.9 Å². The van der Waals surface area contributed by atoms with E-state index in [0.29, 0.717) is 12.2 Å². The highest BCUT2D eigenvalue weighted by atomic mass is 16.5. The van der Waals surface area contributed by atoms with Gasteiger partial charge in [-0.2, -0.15) is 0 Å². The molecule has 23 heavy (non-hydrogen) atoms. The number of carbonyl (C=O) groups is 1. The summed E-state index contributed by atoms with van der Waals surface area (Å²) in [6.07, 6.45) is 3.45. The van der Waals surface area contributed by atoms with Crippen molar-refractivity contribution in [3.8, 4) is 5.75 Å². The molecule has 2 rings (SSSR count). The second-order valence-corrected chi connectivity index (χ2v) is 5.21. The SMILES string of the molecule is CCCNC(=O)c1cc(NCCc2ccc(OC)cc2)ccn1. The van der Waals surface area contributed by atoms with E-state index < -0.39 is 0 Å². The quantitative estimate of drug-likeness (QED) is 0.786. The summed E-state index contributed by atoms with van der Waals surface area (Å²) in [6.45, 7) is 3.47. The van der Waals surface area contributed by atoms with Crippen molar-refractivity contribution >= 4 is 11.6 Å². The largest absolute Gasteiger partial charge is 0.497 e. The van der Waals surface area contributed by atoms with Gasteiger partial charge in [0.25, 0.3) is 5.91 Å². The number of nitrogens with one attached hydrogen (secondary N) is 2. The fraction of sp³-hybridized carbons (Fsp3) is 0.333. The number of nitrogens with zero attached hydrogens (tertiary/aromatic N) is 1. The van der Waals surface area contributed by atoms with Crippen LogP contribution in [0.4, 0.5) is 5.69 Å². The van der Waals surface area contributed by atoms with Crippen molar-refractivity contribution in [2.45, 2.75) is 19.8 Å². The van der Waals surface area contributed by atoms with Crippen molar-refractivity contribution in [2.24, 2.45) is 0 Å². The van der Waals surface area contributed by atoms with Gasteiger partial charge < -0.3 is 15.4 Å². The molecule has 0 fully saturated rings. The molecule has 5 nitrogen and oxygen atoms in total. The maximum atomic E-state index is 11.9. The Morgan fingerprint density at radius 1 is 1.17 bits per heavy atom. The topological polar surface area (TPSA) is 63.2 Å². The smallest absolute Gasteiger partial charge is 0.269 e. The summed E-state index contributed by atoms with van der Waals surface area (Å²) in [7, 11) is 1.66. The molecule has 0 saturated carbocycles. The van der Waals surface area contributed by atoms with Crippen LogP contribution in [-0.2, 0) is 6.42 Å². The number of pyridine rings is 1. The van der Waals surface area contributed by atoms with Crippen LogP contribution in [0.2, 0.25) is 0 Å². The standard InChI is InChI=1S/C18H23N3O2/c1-3-10-21-18(22)17-13-15(9-12-20-17)19-11-8-14-4-6-16(23-2)7-5-14/h4-7,9,12-13H,3,8,10-11H2,1-2H3,(H,19,20)(H,21,22). The molecule has 0 atom stereocenters. The van der Waals surface area contributed by atoms with E-state index in [9.17, 15) is 4.79 Å². The number of hydrogen-bond acceptors (Lipinski definition) is 4. The first-order valence-corrected chi connectivity index (χ1v) is 7.84. The summed E-state index contributed by atoms with van der Waals surface area (Å²) in [5.74, 6) is 0.726. The molecule has 2 aromatic rings. The van der Waals surface area contributed by atoms with E-state index >= 15 is 0 Å². The highest BCUT2D eigenvalue weighted by Gasteiger charge is 2.06. The Kier molecular flexibility index (Phi) is 6.41. The Hall–Kier alpha value is -2.56. The van der Waals surface area contributed by atoms with Crippen LogP contribution in [0.5, 0.6) is 5.75 Å². The molecule has 0 aliphatic carbocycles. The molecule has 1 amide bonds. The van der Waals surface area contributed by atoms with E-state index in [1.807, 2.05) is 25.1 Å². The predicted molar refractivity (Wildman–Crippen MR) is 92.0 cm³/mol. The molecule has 5 heteroatoms. The maximum absolute atomic E-state index is 11.9. The lowest BCUT2D eigenvalue weighted by Gasteiger charge is -2.09. The number of methoxy groups -OCH3 is 1. The first-order valence-electron chi connectivity index (χ1n) is 7.84. The van der Waals surface area contributed by atoms with E-state index in [2.05, 4.69) is 27.8 Å². The van der Waals surface area contributed by atoms with Gasteiger partial charge in [-0.1, -0.05) is 19.1 Å². The average molecular weight is 313 g/mol. The Morgan fingerprint density at radius 3 is 2.65 bits per heavy atom. The zero-order valence-corrected chi connectivity index (χ0v) is 13.6. The first-order chi connectivity index (χ1) is 11.2. The fourth-order valence-electron chi connectivity index (χ4n) is 2.14. The summed E-state index contributed by atoms with van der Waals surface area (Å²) in [6, 6.07) is 11.7. The number of anilines is 1. The third-order valence-electron chi connectivity index (χ3n) is 3.43. The molecule has 0 bridgehead atoms. The molecular formula is C18H23N3O2. The van der Waals surface area contributed by atoms with Crippen LogP contribution in [0.25, 0.3) is 0 Å². The molecule has 1 aromatic carbocycles. The number of aromatic nitrogens is 1. The molecule has 0 saturated heterocycles. The lowest BCUT2D eigenvalue weighted by Crippen LogP contribution is -2.25. The summed E-state index contributed by atoms with van der Waals surface area (Å²) >= 11 is 0. The molecule has 1 aromatic heterocycles. The minimum atomic E-state index is -0.134. The van der Waals surface area contributed by atoms with Crippen LogP contribution >= 0.6 is 0 Å². The van der Waals surface area contributed by atoms with Gasteiger partial charge in [0.05, 0.1) is 7.11 Å². The molecule has 2 N–H and O–H groups in total. The van der Waals surface area contributed by atoms with E-state index in [1.165, 1.54) is 5.56 Å². The number of hydrogen-bond donors (Lipinski definition) is 2. The van der Waals surface area contributed by atoms with Crippen LogP contribution in [0, 0.1) is 0 Å². The van der Waals surface area contributed by atoms with Crippen LogP contribution in [-0.4, -0.2) is 31.1 Å². The van der Waals surface area contributed by atoms with Crippen molar-refractivity contribution in [1.29, 1.82) is 0 Å². The highest BCUT2D eigenvalue weighted by molar-refractivity contribution is 5.93. The number of rotatable bonds is 8. The van der Waals surface area contributed by atoms with Gasteiger partial charge >= 0.3 is 0 Å². The third-order valence-corrected chi connectivity index (χ3v) is 3.43. The molecule has 1 heterocycles. The minimum Gasteiger partial charge on any atom is -0.497 e. The fourth-order valence-corrected chi connectivity index (χ4v) is 2.14. The van der Waals surface area contributed by atoms with Gasteiger partial charge in [0.1, 0.15) is 11.4 Å². The number of amides is 1. The molecule has 0 aliphatic rings. The van der Waals surface area contributed by atoms with E-state index in [4.69, 9.17) is 4.74 Å². The Balaban J connectivity index is 1.86. The van der Waals surface area contributed by atoms with E-state index in [1.54, 1.807) is 19.4 Å². The second kappa shape index (κ2) is 8.78. The lowest BCUT2D eigenvalue weighted by atomic mass is 10.1. The van der Waals surface area contributed by atoms with Gasteiger partial charge in [0, 0.05) is 25.0 Å². The average Bonchev–Trinajstić information content (AvgIpc) is 2.60. The van der Waals surface area contributed by atoms with E-state index in [0.717, 1.165) is 30.8 Å². The van der Waals surface area contributed by atoms with Crippen LogP contribution in [0.3, 0.4) is 0 Å². The van der Waals surface area contributed by atoms with Crippen molar-refractivity contribution in [3.63, 3.8) is 0 Å². The Morgan fingerprint density at radius 2 is 1.96 bits per heavy atom. The molecule has 122 valence electrons. The minimum absolute atomic E-state index is 0.134. The predicted octanol–water partition coefficient (Wildman–Crippen LogP) is 2.88. The number of carbonyl (C=O) groups excluding carboxylic acids is 1. The van der Waals surface area contributed by atoms with Gasteiger partial charge in [-0.15, -0.1) is 0 Å². The third kappa shape index (κ3) is 5.29. The molecule has 0 spiro atoms. The zero-order chi connectivity index (χ0) is 16.5.